The molecule has 2 heterocycles. The smallest absolute Gasteiger partial charge is 0.251 e. The molecule has 21 heavy (non-hydrogen) atoms. The predicted octanol–water partition coefficient (Wildman–Crippen LogP) is 2.18. The molecule has 6 nitrogen and oxygen atoms in total. The first-order valence-corrected chi connectivity index (χ1v) is 6.67. The largest absolute Gasteiger partial charge is 0.417 e. The minimum Gasteiger partial charge on any atom is -0.417 e. The fraction of sp³-hybridized carbons (Fsp3) is 0.400. The molecule has 0 bridgehead atoms. The topological polar surface area (TPSA) is 81.2 Å². The van der Waals surface area contributed by atoms with Crippen LogP contribution in [0.3, 0.4) is 0 Å². The molecule has 0 N–H and O–H groups in total. The van der Waals surface area contributed by atoms with Crippen molar-refractivity contribution in [2.24, 2.45) is 0 Å². The van der Waals surface area contributed by atoms with Crippen LogP contribution in [0.1, 0.15) is 23.4 Å². The van der Waals surface area contributed by atoms with E-state index >= 15 is 0 Å². The van der Waals surface area contributed by atoms with Crippen LogP contribution in [-0.4, -0.2) is 30.5 Å². The first-order valence-electron chi connectivity index (χ1n) is 6.67. The number of aromatic nitrogens is 2. The maximum atomic E-state index is 9.09. The van der Waals surface area contributed by atoms with Gasteiger partial charge in [-0.15, -0.1) is 10.2 Å². The number of hydrogen-bond donors (Lipinski definition) is 0. The molecule has 1 aromatic heterocycles. The summed E-state index contributed by atoms with van der Waals surface area (Å²) in [5.74, 6) is 0.808. The Hall–Kier alpha value is -2.23. The van der Waals surface area contributed by atoms with Gasteiger partial charge < -0.3 is 13.9 Å². The van der Waals surface area contributed by atoms with E-state index in [9.17, 15) is 0 Å². The zero-order chi connectivity index (χ0) is 14.9. The normalized spacial score (nSPS) is 21.4. The molecule has 1 aromatic carbocycles. The van der Waals surface area contributed by atoms with Crippen molar-refractivity contribution in [2.75, 3.05) is 20.3 Å². The van der Waals surface area contributed by atoms with Crippen LogP contribution in [0.15, 0.2) is 22.6 Å². The van der Waals surface area contributed by atoms with E-state index in [-0.39, 0.29) is 0 Å². The second-order valence-electron chi connectivity index (χ2n) is 5.00. The second kappa shape index (κ2) is 5.28. The third-order valence-electron chi connectivity index (χ3n) is 3.88. The molecular weight excluding hydrogens is 270 g/mol. The van der Waals surface area contributed by atoms with Crippen LogP contribution < -0.4 is 0 Å². The average Bonchev–Trinajstić information content (AvgIpc) is 3.17. The fourth-order valence-corrected chi connectivity index (χ4v) is 2.47. The van der Waals surface area contributed by atoms with Gasteiger partial charge in [0.05, 0.1) is 24.8 Å². The predicted molar refractivity (Wildman–Crippen MR) is 73.3 cm³/mol. The van der Waals surface area contributed by atoms with Crippen molar-refractivity contribution in [1.82, 2.24) is 10.2 Å². The number of rotatable bonds is 3. The molecular formula is C15H15N3O3. The van der Waals surface area contributed by atoms with E-state index in [0.29, 0.717) is 37.0 Å². The zero-order valence-electron chi connectivity index (χ0n) is 11.9. The molecule has 3 rings (SSSR count). The summed E-state index contributed by atoms with van der Waals surface area (Å²) in [6.45, 7) is 2.87. The summed E-state index contributed by atoms with van der Waals surface area (Å²) >= 11 is 0. The van der Waals surface area contributed by atoms with Crippen LogP contribution in [-0.2, 0) is 15.1 Å². The number of methoxy groups -OCH3 is 1. The van der Waals surface area contributed by atoms with Crippen LogP contribution in [0, 0.1) is 18.3 Å². The molecule has 1 fully saturated rings. The van der Waals surface area contributed by atoms with Gasteiger partial charge in [0.2, 0.25) is 5.89 Å². The van der Waals surface area contributed by atoms with E-state index in [2.05, 4.69) is 16.3 Å². The van der Waals surface area contributed by atoms with Gasteiger partial charge in [0.25, 0.3) is 5.89 Å². The molecule has 6 heteroatoms. The number of nitrogens with zero attached hydrogens (tertiary/aromatic N) is 3. The third-order valence-corrected chi connectivity index (χ3v) is 3.88. The van der Waals surface area contributed by atoms with Crippen molar-refractivity contribution in [2.45, 2.75) is 18.9 Å². The Balaban J connectivity index is 2.01. The monoisotopic (exact) mass is 285 g/mol. The van der Waals surface area contributed by atoms with E-state index in [0.717, 1.165) is 11.1 Å². The lowest BCUT2D eigenvalue weighted by molar-refractivity contribution is -0.0407. The number of nitriles is 1. The van der Waals surface area contributed by atoms with Crippen molar-refractivity contribution in [1.29, 1.82) is 5.26 Å². The van der Waals surface area contributed by atoms with E-state index < -0.39 is 5.60 Å². The molecule has 1 saturated heterocycles. The van der Waals surface area contributed by atoms with E-state index in [4.69, 9.17) is 19.2 Å². The Labute approximate surface area is 122 Å². The summed E-state index contributed by atoms with van der Waals surface area (Å²) in [5, 5.41) is 17.3. The van der Waals surface area contributed by atoms with E-state index in [1.54, 1.807) is 19.2 Å². The van der Waals surface area contributed by atoms with Crippen molar-refractivity contribution < 1.29 is 13.9 Å². The van der Waals surface area contributed by atoms with Crippen LogP contribution >= 0.6 is 0 Å². The molecule has 0 radical (unpaired) electrons. The Morgan fingerprint density at radius 3 is 2.90 bits per heavy atom. The van der Waals surface area contributed by atoms with E-state index in [1.807, 2.05) is 13.0 Å². The summed E-state index contributed by atoms with van der Waals surface area (Å²) in [6, 6.07) is 7.57. The van der Waals surface area contributed by atoms with Crippen LogP contribution in [0.4, 0.5) is 0 Å². The number of ether oxygens (including phenoxy) is 2. The molecule has 0 saturated carbocycles. The van der Waals surface area contributed by atoms with Crippen molar-refractivity contribution in [3.63, 3.8) is 0 Å². The van der Waals surface area contributed by atoms with Crippen LogP contribution in [0.2, 0.25) is 0 Å². The van der Waals surface area contributed by atoms with Gasteiger partial charge in [0.1, 0.15) is 0 Å². The van der Waals surface area contributed by atoms with Gasteiger partial charge in [-0.2, -0.15) is 5.26 Å². The maximum Gasteiger partial charge on any atom is 0.251 e. The van der Waals surface area contributed by atoms with Gasteiger partial charge in [-0.05, 0) is 24.6 Å². The van der Waals surface area contributed by atoms with Gasteiger partial charge in [0.15, 0.2) is 5.60 Å². The summed E-state index contributed by atoms with van der Waals surface area (Å²) in [7, 11) is 1.61. The first kappa shape index (κ1) is 13.7. The maximum absolute atomic E-state index is 9.09. The lowest BCUT2D eigenvalue weighted by Crippen LogP contribution is -2.29. The Bertz CT molecular complexity index is 696. The summed E-state index contributed by atoms with van der Waals surface area (Å²) in [4.78, 5) is 0. The highest BCUT2D eigenvalue weighted by atomic mass is 16.6. The highest BCUT2D eigenvalue weighted by Crippen LogP contribution is 2.35. The minimum atomic E-state index is -0.661. The Morgan fingerprint density at radius 1 is 1.38 bits per heavy atom. The SMILES string of the molecule is COC1(c2nnc(-c3cccc(C#N)c3C)o2)CCOC1. The average molecular weight is 285 g/mol. The van der Waals surface area contributed by atoms with Gasteiger partial charge in [-0.3, -0.25) is 0 Å². The first-order chi connectivity index (χ1) is 10.2. The quantitative estimate of drug-likeness (QED) is 0.859. The lowest BCUT2D eigenvalue weighted by Gasteiger charge is -2.20. The summed E-state index contributed by atoms with van der Waals surface area (Å²) in [5.41, 5.74) is 1.52. The lowest BCUT2D eigenvalue weighted by atomic mass is 10.0. The molecule has 108 valence electrons. The van der Waals surface area contributed by atoms with Crippen molar-refractivity contribution in [3.05, 3.63) is 35.2 Å². The fourth-order valence-electron chi connectivity index (χ4n) is 2.47. The standard InChI is InChI=1S/C15H15N3O3/c1-10-11(8-16)4-3-5-12(10)13-17-18-14(21-13)15(19-2)6-7-20-9-15/h3-5H,6-7,9H2,1-2H3. The molecule has 0 aliphatic carbocycles. The molecule has 1 aliphatic heterocycles. The highest BCUT2D eigenvalue weighted by Gasteiger charge is 2.42. The molecule has 2 aromatic rings. The van der Waals surface area contributed by atoms with E-state index in [1.165, 1.54) is 0 Å². The second-order valence-corrected chi connectivity index (χ2v) is 5.00. The Morgan fingerprint density at radius 2 is 2.24 bits per heavy atom. The van der Waals surface area contributed by atoms with Gasteiger partial charge in [-0.25, -0.2) is 0 Å². The molecule has 0 spiro atoms. The molecule has 1 atom stereocenters. The summed E-state index contributed by atoms with van der Waals surface area (Å²) in [6.07, 6.45) is 0.683. The number of hydrogen-bond acceptors (Lipinski definition) is 6. The number of benzene rings is 1. The minimum absolute atomic E-state index is 0.392. The van der Waals surface area contributed by atoms with Crippen molar-refractivity contribution >= 4 is 0 Å². The van der Waals surface area contributed by atoms with Crippen LogP contribution in [0.25, 0.3) is 11.5 Å². The van der Waals surface area contributed by atoms with Crippen molar-refractivity contribution in [3.8, 4) is 17.5 Å². The molecule has 0 amide bonds. The summed E-state index contributed by atoms with van der Waals surface area (Å²) < 4.78 is 16.7. The zero-order valence-corrected chi connectivity index (χ0v) is 11.9. The van der Waals surface area contributed by atoms with Gasteiger partial charge >= 0.3 is 0 Å². The highest BCUT2D eigenvalue weighted by molar-refractivity contribution is 5.62. The van der Waals surface area contributed by atoms with Gasteiger partial charge in [-0.1, -0.05) is 6.07 Å². The third kappa shape index (κ3) is 2.20. The Kier molecular flexibility index (Phi) is 3.45. The molecule has 1 unspecified atom stereocenters. The van der Waals surface area contributed by atoms with Gasteiger partial charge in [0, 0.05) is 19.1 Å². The molecule has 1 aliphatic rings. The van der Waals surface area contributed by atoms with Crippen LogP contribution in [0.5, 0.6) is 0 Å².